The molecule has 6 heteroatoms. The molecule has 5 nitrogen and oxygen atoms in total. The lowest BCUT2D eigenvalue weighted by Gasteiger charge is -2.27. The van der Waals surface area contributed by atoms with Gasteiger partial charge in [-0.2, -0.15) is 0 Å². The summed E-state index contributed by atoms with van der Waals surface area (Å²) in [6.07, 6.45) is 5.62. The van der Waals surface area contributed by atoms with Gasteiger partial charge in [-0.25, -0.2) is 4.79 Å². The number of aliphatic hydroxyl groups excluding tert-OH is 1. The smallest absolute Gasteiger partial charge is 0.330 e. The Balaban J connectivity index is 1.51. The molecule has 178 valence electrons. The van der Waals surface area contributed by atoms with Crippen molar-refractivity contribution < 1.29 is 19.4 Å². The fourth-order valence-corrected chi connectivity index (χ4v) is 4.43. The normalized spacial score (nSPS) is 18.5. The first kappa shape index (κ1) is 25.4. The minimum atomic E-state index is -0.569. The van der Waals surface area contributed by atoms with Crippen LogP contribution in [0.3, 0.4) is 0 Å². The second kappa shape index (κ2) is 12.9. The number of likely N-dealkylation sites (tertiary alicyclic amines) is 1. The van der Waals surface area contributed by atoms with Gasteiger partial charge in [-0.05, 0) is 74.6 Å². The minimum absolute atomic E-state index is 0.217. The lowest BCUT2D eigenvalue weighted by molar-refractivity contribution is -0.137. The molecule has 1 N–H and O–H groups in total. The summed E-state index contributed by atoms with van der Waals surface area (Å²) in [5.41, 5.74) is 3.13. The zero-order chi connectivity index (χ0) is 23.6. The first-order valence-corrected chi connectivity index (χ1v) is 12.1. The van der Waals surface area contributed by atoms with Gasteiger partial charge in [0.25, 0.3) is 0 Å². The number of benzene rings is 2. The van der Waals surface area contributed by atoms with E-state index in [0.29, 0.717) is 19.2 Å². The van der Waals surface area contributed by atoms with E-state index in [-0.39, 0.29) is 18.7 Å². The molecule has 1 fully saturated rings. The van der Waals surface area contributed by atoms with E-state index in [1.807, 2.05) is 43.3 Å². The number of rotatable bonds is 11. The minimum Gasteiger partial charge on any atom is -0.463 e. The molecule has 1 aliphatic rings. The maximum Gasteiger partial charge on any atom is 0.330 e. The summed E-state index contributed by atoms with van der Waals surface area (Å²) in [7, 11) is 0. The molecule has 0 amide bonds. The molecule has 0 unspecified atom stereocenters. The Hall–Kier alpha value is -2.18. The zero-order valence-corrected chi connectivity index (χ0v) is 20.2. The van der Waals surface area contributed by atoms with E-state index < -0.39 is 6.10 Å². The standard InChI is InChI=1S/C27H34ClNO4/c1-3-32-27(31)15-12-22-7-4-5-9-26(22)20(2)33-19-25(30)18-29-16-6-8-24(29)17-21-10-13-23(28)14-11-21/h4-5,7,9-15,20,24-25,30H,3,6,8,16-19H2,1-2H3/t20-,24+,25-/m1/s1. The van der Waals surface area contributed by atoms with Crippen molar-refractivity contribution in [3.05, 3.63) is 76.3 Å². The second-order valence-corrected chi connectivity index (χ2v) is 8.90. The SMILES string of the molecule is CCOC(=O)C=Cc1ccccc1[C@@H](C)OC[C@H](O)CN1CCC[C@H]1Cc1ccc(Cl)cc1. The fraction of sp³-hybridized carbons (Fsp3) is 0.444. The lowest BCUT2D eigenvalue weighted by Crippen LogP contribution is -2.39. The Morgan fingerprint density at radius 3 is 2.76 bits per heavy atom. The number of β-amino-alcohol motifs (C(OH)–C–C–N with tert-alkyl or cyclic N) is 1. The van der Waals surface area contributed by atoms with E-state index in [1.165, 1.54) is 11.6 Å². The summed E-state index contributed by atoms with van der Waals surface area (Å²) in [4.78, 5) is 14.0. The van der Waals surface area contributed by atoms with Gasteiger partial charge in [-0.15, -0.1) is 0 Å². The maximum atomic E-state index is 11.7. The van der Waals surface area contributed by atoms with Gasteiger partial charge in [0.1, 0.15) is 0 Å². The molecular formula is C27H34ClNO4. The zero-order valence-electron chi connectivity index (χ0n) is 19.5. The maximum absolute atomic E-state index is 11.7. The molecule has 1 saturated heterocycles. The van der Waals surface area contributed by atoms with Crippen molar-refractivity contribution in [2.75, 3.05) is 26.3 Å². The quantitative estimate of drug-likeness (QED) is 0.366. The van der Waals surface area contributed by atoms with Crippen LogP contribution < -0.4 is 0 Å². The van der Waals surface area contributed by atoms with E-state index in [9.17, 15) is 9.90 Å². The average molecular weight is 472 g/mol. The fourth-order valence-electron chi connectivity index (χ4n) is 4.31. The van der Waals surface area contributed by atoms with Gasteiger partial charge >= 0.3 is 5.97 Å². The van der Waals surface area contributed by atoms with Crippen LogP contribution in [-0.4, -0.2) is 54.4 Å². The monoisotopic (exact) mass is 471 g/mol. The van der Waals surface area contributed by atoms with Gasteiger partial charge in [0.15, 0.2) is 0 Å². The summed E-state index contributed by atoms with van der Waals surface area (Å²) < 4.78 is 11.0. The Morgan fingerprint density at radius 1 is 1.24 bits per heavy atom. The topological polar surface area (TPSA) is 59.0 Å². The van der Waals surface area contributed by atoms with Crippen LogP contribution in [0.5, 0.6) is 0 Å². The second-order valence-electron chi connectivity index (χ2n) is 8.47. The highest BCUT2D eigenvalue weighted by Crippen LogP contribution is 2.24. The number of nitrogens with zero attached hydrogens (tertiary/aromatic N) is 1. The number of halogens is 1. The average Bonchev–Trinajstić information content (AvgIpc) is 3.24. The number of carbonyl (C=O) groups is 1. The number of carbonyl (C=O) groups excluding carboxylic acids is 1. The Morgan fingerprint density at radius 2 is 2.00 bits per heavy atom. The molecule has 3 rings (SSSR count). The van der Waals surface area contributed by atoms with Crippen LogP contribution in [0.1, 0.15) is 49.5 Å². The number of hydrogen-bond donors (Lipinski definition) is 1. The third-order valence-electron chi connectivity index (χ3n) is 5.99. The van der Waals surface area contributed by atoms with Gasteiger partial charge in [0.05, 0.1) is 25.4 Å². The van der Waals surface area contributed by atoms with Crippen LogP contribution in [0.2, 0.25) is 5.02 Å². The van der Waals surface area contributed by atoms with Gasteiger partial charge < -0.3 is 14.6 Å². The van der Waals surface area contributed by atoms with Gasteiger partial charge in [-0.1, -0.05) is 48.0 Å². The molecule has 3 atom stereocenters. The van der Waals surface area contributed by atoms with Crippen molar-refractivity contribution in [3.8, 4) is 0 Å². The van der Waals surface area contributed by atoms with E-state index in [1.54, 1.807) is 13.0 Å². The van der Waals surface area contributed by atoms with Crippen molar-refractivity contribution in [2.24, 2.45) is 0 Å². The van der Waals surface area contributed by atoms with Crippen LogP contribution in [0.15, 0.2) is 54.6 Å². The van der Waals surface area contributed by atoms with E-state index >= 15 is 0 Å². The highest BCUT2D eigenvalue weighted by Gasteiger charge is 2.26. The highest BCUT2D eigenvalue weighted by molar-refractivity contribution is 6.30. The van der Waals surface area contributed by atoms with E-state index in [2.05, 4.69) is 17.0 Å². The molecule has 0 radical (unpaired) electrons. The first-order valence-electron chi connectivity index (χ1n) is 11.7. The van der Waals surface area contributed by atoms with E-state index in [0.717, 1.165) is 42.0 Å². The molecular weight excluding hydrogens is 438 g/mol. The Kier molecular flexibility index (Phi) is 9.95. The molecule has 0 spiro atoms. The predicted molar refractivity (Wildman–Crippen MR) is 132 cm³/mol. The number of aliphatic hydroxyl groups is 1. The van der Waals surface area contributed by atoms with Crippen molar-refractivity contribution in [3.63, 3.8) is 0 Å². The van der Waals surface area contributed by atoms with Crippen molar-refractivity contribution >= 4 is 23.6 Å². The van der Waals surface area contributed by atoms with Gasteiger partial charge in [0.2, 0.25) is 0 Å². The highest BCUT2D eigenvalue weighted by atomic mass is 35.5. The summed E-state index contributed by atoms with van der Waals surface area (Å²) >= 11 is 6.00. The molecule has 33 heavy (non-hydrogen) atoms. The molecule has 1 heterocycles. The Labute approximate surface area is 202 Å². The molecule has 0 aliphatic carbocycles. The third-order valence-corrected chi connectivity index (χ3v) is 6.24. The van der Waals surface area contributed by atoms with Crippen LogP contribution in [0.4, 0.5) is 0 Å². The largest absolute Gasteiger partial charge is 0.463 e. The summed E-state index contributed by atoms with van der Waals surface area (Å²) in [5.74, 6) is -0.366. The molecule has 0 saturated carbocycles. The van der Waals surface area contributed by atoms with Crippen molar-refractivity contribution in [1.29, 1.82) is 0 Å². The number of ether oxygens (including phenoxy) is 2. The summed E-state index contributed by atoms with van der Waals surface area (Å²) in [6.45, 7) is 5.93. The predicted octanol–water partition coefficient (Wildman–Crippen LogP) is 5.06. The van der Waals surface area contributed by atoms with Crippen LogP contribution in [0, 0.1) is 0 Å². The van der Waals surface area contributed by atoms with Crippen LogP contribution in [0.25, 0.3) is 6.08 Å². The van der Waals surface area contributed by atoms with Crippen LogP contribution in [-0.2, 0) is 20.7 Å². The summed E-state index contributed by atoms with van der Waals surface area (Å²) in [6, 6.07) is 16.2. The lowest BCUT2D eigenvalue weighted by atomic mass is 10.0. The van der Waals surface area contributed by atoms with Crippen molar-refractivity contribution in [1.82, 2.24) is 4.90 Å². The summed E-state index contributed by atoms with van der Waals surface area (Å²) in [5, 5.41) is 11.4. The van der Waals surface area contributed by atoms with E-state index in [4.69, 9.17) is 21.1 Å². The van der Waals surface area contributed by atoms with Crippen LogP contribution >= 0.6 is 11.6 Å². The molecule has 1 aliphatic heterocycles. The Bertz CT molecular complexity index is 915. The molecule has 0 bridgehead atoms. The van der Waals surface area contributed by atoms with Gasteiger partial charge in [-0.3, -0.25) is 4.90 Å². The molecule has 2 aromatic carbocycles. The van der Waals surface area contributed by atoms with Gasteiger partial charge in [0, 0.05) is 23.7 Å². The molecule has 0 aromatic heterocycles. The number of esters is 1. The van der Waals surface area contributed by atoms with Crippen molar-refractivity contribution in [2.45, 2.75) is 51.4 Å². The first-order chi connectivity index (χ1) is 16.0. The molecule has 2 aromatic rings. The third kappa shape index (κ3) is 7.97. The number of hydrogen-bond acceptors (Lipinski definition) is 5.